The molecule has 0 bridgehead atoms. The van der Waals surface area contributed by atoms with E-state index in [9.17, 15) is 9.59 Å². The summed E-state index contributed by atoms with van der Waals surface area (Å²) in [7, 11) is 1.65. The maximum Gasteiger partial charge on any atom is 0.250 e. The van der Waals surface area contributed by atoms with E-state index in [1.807, 2.05) is 24.3 Å². The summed E-state index contributed by atoms with van der Waals surface area (Å²) in [5.74, 6) is -0.112. The molecule has 1 saturated heterocycles. The lowest BCUT2D eigenvalue weighted by Gasteiger charge is -2.29. The van der Waals surface area contributed by atoms with Crippen LogP contribution in [0, 0.1) is 11.8 Å². The Kier molecular flexibility index (Phi) is 5.63. The van der Waals surface area contributed by atoms with Gasteiger partial charge in [0.05, 0.1) is 5.92 Å². The van der Waals surface area contributed by atoms with Crippen molar-refractivity contribution >= 4 is 17.5 Å². The van der Waals surface area contributed by atoms with Crippen molar-refractivity contribution in [2.24, 2.45) is 11.8 Å². The van der Waals surface area contributed by atoms with Crippen molar-refractivity contribution in [2.75, 3.05) is 25.6 Å². The summed E-state index contributed by atoms with van der Waals surface area (Å²) in [5, 5.41) is 9.50. The topological polar surface area (TPSA) is 79.5 Å². The number of anilines is 1. The Morgan fingerprint density at radius 3 is 2.88 bits per heavy atom. The monoisotopic (exact) mass is 359 g/mol. The quantitative estimate of drug-likeness (QED) is 0.651. The van der Waals surface area contributed by atoms with Gasteiger partial charge in [-0.15, -0.1) is 0 Å². The van der Waals surface area contributed by atoms with Crippen molar-refractivity contribution in [2.45, 2.75) is 44.7 Å². The zero-order chi connectivity index (χ0) is 18.7. The van der Waals surface area contributed by atoms with Gasteiger partial charge in [0.15, 0.2) is 0 Å². The van der Waals surface area contributed by atoms with Crippen molar-refractivity contribution in [3.63, 3.8) is 0 Å². The van der Waals surface area contributed by atoms with Crippen molar-refractivity contribution in [3.8, 4) is 0 Å². The molecule has 26 heavy (non-hydrogen) atoms. The molecule has 3 N–H and O–H groups in total. The summed E-state index contributed by atoms with van der Waals surface area (Å²) in [4.78, 5) is 26.0. The molecule has 1 spiro atoms. The number of carbonyl (C=O) groups excluding carboxylic acids is 2. The van der Waals surface area contributed by atoms with Crippen LogP contribution in [0.3, 0.4) is 0 Å². The van der Waals surface area contributed by atoms with E-state index in [2.05, 4.69) is 29.8 Å². The Morgan fingerprint density at radius 1 is 1.38 bits per heavy atom. The second-order valence-electron chi connectivity index (χ2n) is 7.70. The molecule has 1 aromatic carbocycles. The number of methoxy groups -OCH3 is 1. The molecular formula is C20H29N3O3. The largest absolute Gasteiger partial charge is 0.385 e. The van der Waals surface area contributed by atoms with Crippen LogP contribution in [0.25, 0.3) is 0 Å². The SMILES string of the molecule is COCCCNC(=O)C1CC(CC(C)C)NC12C(=O)Nc1ccccc12. The lowest BCUT2D eigenvalue weighted by molar-refractivity contribution is -0.133. The Balaban J connectivity index is 1.87. The average molecular weight is 359 g/mol. The zero-order valence-corrected chi connectivity index (χ0v) is 15.8. The van der Waals surface area contributed by atoms with Crippen LogP contribution in [0.15, 0.2) is 24.3 Å². The van der Waals surface area contributed by atoms with Gasteiger partial charge in [-0.3, -0.25) is 14.9 Å². The zero-order valence-electron chi connectivity index (χ0n) is 15.8. The standard InChI is InChI=1S/C20H29N3O3/c1-13(2)11-14-12-16(18(24)21-9-6-10-26-3)20(23-14)15-7-4-5-8-17(15)22-19(20)25/h4-5,7-8,13-14,16,23H,6,9-12H2,1-3H3,(H,21,24)(H,22,25). The highest BCUT2D eigenvalue weighted by Crippen LogP contribution is 2.47. The van der Waals surface area contributed by atoms with Gasteiger partial charge in [0.1, 0.15) is 5.54 Å². The van der Waals surface area contributed by atoms with E-state index in [0.29, 0.717) is 25.5 Å². The van der Waals surface area contributed by atoms with E-state index in [0.717, 1.165) is 24.1 Å². The van der Waals surface area contributed by atoms with Gasteiger partial charge < -0.3 is 15.4 Å². The summed E-state index contributed by atoms with van der Waals surface area (Å²) >= 11 is 0. The first-order valence-electron chi connectivity index (χ1n) is 9.44. The normalized spacial score (nSPS) is 27.0. The predicted octanol–water partition coefficient (Wildman–Crippen LogP) is 2.01. The lowest BCUT2D eigenvalue weighted by Crippen LogP contribution is -2.53. The molecule has 2 heterocycles. The number of para-hydroxylation sites is 1. The Labute approximate surface area is 155 Å². The fourth-order valence-electron chi connectivity index (χ4n) is 4.29. The highest BCUT2D eigenvalue weighted by Gasteiger charge is 2.59. The first-order valence-corrected chi connectivity index (χ1v) is 9.44. The first-order chi connectivity index (χ1) is 12.5. The first kappa shape index (κ1) is 18.9. The third kappa shape index (κ3) is 3.35. The number of amides is 2. The minimum Gasteiger partial charge on any atom is -0.385 e. The van der Waals surface area contributed by atoms with Crippen LogP contribution < -0.4 is 16.0 Å². The van der Waals surface area contributed by atoms with Crippen LogP contribution in [0.1, 0.15) is 38.7 Å². The molecule has 2 amide bonds. The molecule has 0 saturated carbocycles. The van der Waals surface area contributed by atoms with Crippen molar-refractivity contribution in [1.82, 2.24) is 10.6 Å². The fraction of sp³-hybridized carbons (Fsp3) is 0.600. The minimum atomic E-state index is -0.971. The molecule has 0 aliphatic carbocycles. The predicted molar refractivity (Wildman–Crippen MR) is 101 cm³/mol. The molecule has 2 aliphatic heterocycles. The summed E-state index contributed by atoms with van der Waals surface area (Å²) in [6, 6.07) is 7.81. The molecule has 3 rings (SSSR count). The molecule has 3 unspecified atom stereocenters. The molecule has 1 fully saturated rings. The van der Waals surface area contributed by atoms with E-state index >= 15 is 0 Å². The number of nitrogens with one attached hydrogen (secondary N) is 3. The number of hydrogen-bond donors (Lipinski definition) is 3. The second kappa shape index (κ2) is 7.76. The number of fused-ring (bicyclic) bond motifs is 2. The molecule has 0 radical (unpaired) electrons. The van der Waals surface area contributed by atoms with Gasteiger partial charge in [-0.25, -0.2) is 0 Å². The minimum absolute atomic E-state index is 0.0632. The van der Waals surface area contributed by atoms with Crippen molar-refractivity contribution in [1.29, 1.82) is 0 Å². The number of benzene rings is 1. The van der Waals surface area contributed by atoms with Gasteiger partial charge in [0, 0.05) is 37.6 Å². The molecule has 3 atom stereocenters. The Bertz CT molecular complexity index is 676. The van der Waals surface area contributed by atoms with Gasteiger partial charge in [-0.1, -0.05) is 32.0 Å². The van der Waals surface area contributed by atoms with Gasteiger partial charge in [-0.2, -0.15) is 0 Å². The highest BCUT2D eigenvalue weighted by atomic mass is 16.5. The van der Waals surface area contributed by atoms with Crippen LogP contribution in [0.5, 0.6) is 0 Å². The van der Waals surface area contributed by atoms with E-state index in [4.69, 9.17) is 4.74 Å². The summed E-state index contributed by atoms with van der Waals surface area (Å²) in [5.41, 5.74) is 0.710. The Morgan fingerprint density at radius 2 is 2.15 bits per heavy atom. The number of ether oxygens (including phenoxy) is 1. The smallest absolute Gasteiger partial charge is 0.250 e. The molecule has 6 nitrogen and oxygen atoms in total. The maximum atomic E-state index is 13.0. The van der Waals surface area contributed by atoms with Crippen LogP contribution in [0.2, 0.25) is 0 Å². The number of carbonyl (C=O) groups is 2. The van der Waals surface area contributed by atoms with Crippen LogP contribution in [0.4, 0.5) is 5.69 Å². The molecule has 2 aliphatic rings. The van der Waals surface area contributed by atoms with Crippen LogP contribution in [-0.2, 0) is 19.9 Å². The van der Waals surface area contributed by atoms with Crippen LogP contribution >= 0.6 is 0 Å². The van der Waals surface area contributed by atoms with Crippen LogP contribution in [-0.4, -0.2) is 38.1 Å². The highest BCUT2D eigenvalue weighted by molar-refractivity contribution is 6.09. The van der Waals surface area contributed by atoms with Gasteiger partial charge in [0.25, 0.3) is 0 Å². The number of hydrogen-bond acceptors (Lipinski definition) is 4. The average Bonchev–Trinajstić information content (AvgIpc) is 3.11. The molecule has 0 aromatic heterocycles. The van der Waals surface area contributed by atoms with Crippen molar-refractivity contribution in [3.05, 3.63) is 29.8 Å². The fourth-order valence-corrected chi connectivity index (χ4v) is 4.29. The third-order valence-corrected chi connectivity index (χ3v) is 5.33. The molecule has 6 heteroatoms. The second-order valence-corrected chi connectivity index (χ2v) is 7.70. The van der Waals surface area contributed by atoms with Gasteiger partial charge in [-0.05, 0) is 31.2 Å². The van der Waals surface area contributed by atoms with E-state index in [1.54, 1.807) is 7.11 Å². The lowest BCUT2D eigenvalue weighted by atomic mass is 9.79. The van der Waals surface area contributed by atoms with E-state index < -0.39 is 11.5 Å². The molecule has 1 aromatic rings. The summed E-state index contributed by atoms with van der Waals surface area (Å²) < 4.78 is 5.04. The molecule has 142 valence electrons. The molecular weight excluding hydrogens is 330 g/mol. The maximum absolute atomic E-state index is 13.0. The Hall–Kier alpha value is -1.92. The van der Waals surface area contributed by atoms with Gasteiger partial charge in [0.2, 0.25) is 11.8 Å². The van der Waals surface area contributed by atoms with E-state index in [1.165, 1.54) is 0 Å². The van der Waals surface area contributed by atoms with Crippen molar-refractivity contribution < 1.29 is 14.3 Å². The summed E-state index contributed by atoms with van der Waals surface area (Å²) in [6.07, 6.45) is 2.36. The number of rotatable bonds is 7. The summed E-state index contributed by atoms with van der Waals surface area (Å²) in [6.45, 7) is 5.48. The van der Waals surface area contributed by atoms with E-state index in [-0.39, 0.29) is 17.9 Å². The van der Waals surface area contributed by atoms with Gasteiger partial charge >= 0.3 is 0 Å². The third-order valence-electron chi connectivity index (χ3n) is 5.33.